The van der Waals surface area contributed by atoms with Crippen LogP contribution in [-0.2, 0) is 6.54 Å². The van der Waals surface area contributed by atoms with Gasteiger partial charge in [-0.1, -0.05) is 46.3 Å². The zero-order chi connectivity index (χ0) is 15.9. The molecule has 2 aromatic rings. The van der Waals surface area contributed by atoms with E-state index in [0.717, 1.165) is 15.6 Å². The van der Waals surface area contributed by atoms with Gasteiger partial charge in [-0.15, -0.1) is 0 Å². The molecule has 0 aliphatic carbocycles. The maximum absolute atomic E-state index is 10.1. The fraction of sp³-hybridized carbons (Fsp3) is 0.294. The van der Waals surface area contributed by atoms with Crippen LogP contribution in [0.2, 0.25) is 0 Å². The second-order valence-corrected chi connectivity index (χ2v) is 5.71. The predicted octanol–water partition coefficient (Wildman–Crippen LogP) is 3.29. The molecule has 0 radical (unpaired) electrons. The monoisotopic (exact) mass is 365 g/mol. The minimum Gasteiger partial charge on any atom is -0.493 e. The van der Waals surface area contributed by atoms with Gasteiger partial charge in [0.25, 0.3) is 0 Å². The summed E-state index contributed by atoms with van der Waals surface area (Å²) in [6.07, 6.45) is -0.528. The second-order valence-electron chi connectivity index (χ2n) is 4.86. The smallest absolute Gasteiger partial charge is 0.161 e. The first-order valence-corrected chi connectivity index (χ1v) is 7.79. The van der Waals surface area contributed by atoms with Crippen LogP contribution < -0.4 is 14.8 Å². The molecule has 0 saturated heterocycles. The molecule has 2 aromatic carbocycles. The van der Waals surface area contributed by atoms with Crippen LogP contribution in [0.15, 0.2) is 46.9 Å². The number of nitrogens with one attached hydrogen (secondary N) is 1. The van der Waals surface area contributed by atoms with E-state index in [1.807, 2.05) is 42.5 Å². The third-order valence-electron chi connectivity index (χ3n) is 3.39. The van der Waals surface area contributed by atoms with Crippen LogP contribution in [0, 0.1) is 0 Å². The highest BCUT2D eigenvalue weighted by Gasteiger charge is 2.11. The van der Waals surface area contributed by atoms with Gasteiger partial charge in [0, 0.05) is 17.6 Å². The fourth-order valence-corrected chi connectivity index (χ4v) is 2.63. The summed E-state index contributed by atoms with van der Waals surface area (Å²) in [4.78, 5) is 0. The van der Waals surface area contributed by atoms with Crippen LogP contribution in [0.1, 0.15) is 17.2 Å². The van der Waals surface area contributed by atoms with Gasteiger partial charge in [-0.05, 0) is 23.3 Å². The van der Waals surface area contributed by atoms with Crippen molar-refractivity contribution in [1.82, 2.24) is 5.32 Å². The molecule has 0 saturated carbocycles. The molecule has 2 N–H and O–H groups in total. The van der Waals surface area contributed by atoms with Gasteiger partial charge < -0.3 is 19.9 Å². The summed E-state index contributed by atoms with van der Waals surface area (Å²) in [5.74, 6) is 1.37. The highest BCUT2D eigenvalue weighted by atomic mass is 79.9. The van der Waals surface area contributed by atoms with E-state index in [2.05, 4.69) is 21.2 Å². The number of aliphatic hydroxyl groups excluding tert-OH is 1. The van der Waals surface area contributed by atoms with Gasteiger partial charge in [0.1, 0.15) is 0 Å². The van der Waals surface area contributed by atoms with Crippen molar-refractivity contribution in [3.05, 3.63) is 58.1 Å². The number of hydrogen-bond donors (Lipinski definition) is 2. The number of aliphatic hydroxyl groups is 1. The van der Waals surface area contributed by atoms with Gasteiger partial charge in [-0.25, -0.2) is 0 Å². The number of halogens is 1. The lowest BCUT2D eigenvalue weighted by molar-refractivity contribution is 0.174. The number of hydrogen-bond acceptors (Lipinski definition) is 4. The van der Waals surface area contributed by atoms with Crippen molar-refractivity contribution >= 4 is 15.9 Å². The van der Waals surface area contributed by atoms with Crippen LogP contribution in [-0.4, -0.2) is 25.9 Å². The number of ether oxygens (including phenoxy) is 2. The summed E-state index contributed by atoms with van der Waals surface area (Å²) >= 11 is 3.53. The molecular weight excluding hydrogens is 346 g/mol. The molecule has 0 amide bonds. The summed E-state index contributed by atoms with van der Waals surface area (Å²) in [6, 6.07) is 13.4. The molecular formula is C17H20BrNO3. The predicted molar refractivity (Wildman–Crippen MR) is 90.4 cm³/mol. The Morgan fingerprint density at radius 2 is 1.73 bits per heavy atom. The van der Waals surface area contributed by atoms with E-state index in [1.165, 1.54) is 0 Å². The van der Waals surface area contributed by atoms with Crippen LogP contribution in [0.3, 0.4) is 0 Å². The van der Waals surface area contributed by atoms with Crippen molar-refractivity contribution in [2.45, 2.75) is 12.6 Å². The lowest BCUT2D eigenvalue weighted by Gasteiger charge is -2.15. The van der Waals surface area contributed by atoms with Gasteiger partial charge in [-0.3, -0.25) is 0 Å². The molecule has 22 heavy (non-hydrogen) atoms. The van der Waals surface area contributed by atoms with Gasteiger partial charge in [0.05, 0.1) is 20.3 Å². The molecule has 0 bridgehead atoms. The summed E-state index contributed by atoms with van der Waals surface area (Å²) in [5, 5.41) is 13.4. The average Bonchev–Trinajstić information content (AvgIpc) is 2.56. The first-order valence-electron chi connectivity index (χ1n) is 6.99. The van der Waals surface area contributed by atoms with Crippen molar-refractivity contribution < 1.29 is 14.6 Å². The van der Waals surface area contributed by atoms with E-state index < -0.39 is 6.10 Å². The Balaban J connectivity index is 1.97. The standard InChI is InChI=1S/C17H20BrNO3/c1-21-16-8-13(14(18)9-17(16)22-2)10-19-11-15(20)12-6-4-3-5-7-12/h3-9,15,19-20H,10-11H2,1-2H3. The van der Waals surface area contributed by atoms with E-state index in [1.54, 1.807) is 14.2 Å². The van der Waals surface area contributed by atoms with Crippen molar-refractivity contribution in [2.24, 2.45) is 0 Å². The third-order valence-corrected chi connectivity index (χ3v) is 4.13. The van der Waals surface area contributed by atoms with E-state index in [4.69, 9.17) is 9.47 Å². The topological polar surface area (TPSA) is 50.7 Å². The third kappa shape index (κ3) is 4.22. The van der Waals surface area contributed by atoms with E-state index in [9.17, 15) is 5.11 Å². The lowest BCUT2D eigenvalue weighted by atomic mass is 10.1. The summed E-state index contributed by atoms with van der Waals surface area (Å²) < 4.78 is 11.5. The van der Waals surface area contributed by atoms with E-state index >= 15 is 0 Å². The minimum absolute atomic E-state index is 0.477. The first-order chi connectivity index (χ1) is 10.7. The van der Waals surface area contributed by atoms with Crippen LogP contribution in [0.5, 0.6) is 11.5 Å². The molecule has 0 heterocycles. The Kier molecular flexibility index (Phi) is 6.24. The van der Waals surface area contributed by atoms with Crippen LogP contribution >= 0.6 is 15.9 Å². The Morgan fingerprint density at radius 1 is 1.09 bits per heavy atom. The van der Waals surface area contributed by atoms with Crippen molar-refractivity contribution in [2.75, 3.05) is 20.8 Å². The van der Waals surface area contributed by atoms with Crippen LogP contribution in [0.25, 0.3) is 0 Å². The Hall–Kier alpha value is -1.56. The SMILES string of the molecule is COc1cc(Br)c(CNCC(O)c2ccccc2)cc1OC. The zero-order valence-electron chi connectivity index (χ0n) is 12.7. The minimum atomic E-state index is -0.528. The molecule has 0 aromatic heterocycles. The number of rotatable bonds is 7. The summed E-state index contributed by atoms with van der Waals surface area (Å²) in [5.41, 5.74) is 1.94. The molecule has 0 aliphatic rings. The lowest BCUT2D eigenvalue weighted by Crippen LogP contribution is -2.21. The molecule has 1 atom stereocenters. The molecule has 4 nitrogen and oxygen atoms in total. The quantitative estimate of drug-likeness (QED) is 0.790. The number of methoxy groups -OCH3 is 2. The Morgan fingerprint density at radius 3 is 2.36 bits per heavy atom. The van der Waals surface area contributed by atoms with Gasteiger partial charge in [0.2, 0.25) is 0 Å². The molecule has 0 fully saturated rings. The molecule has 1 unspecified atom stereocenters. The molecule has 0 spiro atoms. The van der Waals surface area contributed by atoms with Gasteiger partial charge in [-0.2, -0.15) is 0 Å². The molecule has 0 aliphatic heterocycles. The van der Waals surface area contributed by atoms with E-state index in [-0.39, 0.29) is 0 Å². The molecule has 5 heteroatoms. The maximum atomic E-state index is 10.1. The largest absolute Gasteiger partial charge is 0.493 e. The Bertz CT molecular complexity index is 604. The zero-order valence-corrected chi connectivity index (χ0v) is 14.3. The normalized spacial score (nSPS) is 12.0. The first kappa shape index (κ1) is 16.8. The molecule has 2 rings (SSSR count). The average molecular weight is 366 g/mol. The Labute approximate surface area is 139 Å². The highest BCUT2D eigenvalue weighted by Crippen LogP contribution is 2.33. The van der Waals surface area contributed by atoms with E-state index in [0.29, 0.717) is 24.6 Å². The van der Waals surface area contributed by atoms with Crippen molar-refractivity contribution in [3.8, 4) is 11.5 Å². The second kappa shape index (κ2) is 8.17. The maximum Gasteiger partial charge on any atom is 0.161 e. The highest BCUT2D eigenvalue weighted by molar-refractivity contribution is 9.10. The summed E-state index contributed by atoms with van der Waals surface area (Å²) in [7, 11) is 3.22. The fourth-order valence-electron chi connectivity index (χ4n) is 2.17. The van der Waals surface area contributed by atoms with Gasteiger partial charge >= 0.3 is 0 Å². The van der Waals surface area contributed by atoms with Crippen molar-refractivity contribution in [1.29, 1.82) is 0 Å². The molecule has 118 valence electrons. The van der Waals surface area contributed by atoms with Crippen molar-refractivity contribution in [3.63, 3.8) is 0 Å². The number of benzene rings is 2. The van der Waals surface area contributed by atoms with Gasteiger partial charge in [0.15, 0.2) is 11.5 Å². The van der Waals surface area contributed by atoms with Crippen LogP contribution in [0.4, 0.5) is 0 Å². The summed E-state index contributed by atoms with van der Waals surface area (Å²) in [6.45, 7) is 1.09.